The van der Waals surface area contributed by atoms with Gasteiger partial charge < -0.3 is 14.7 Å². The number of fused-ring (bicyclic) bond motifs is 1. The first-order valence-corrected chi connectivity index (χ1v) is 20.1. The molecule has 2 atom stereocenters. The Labute approximate surface area is 341 Å². The van der Waals surface area contributed by atoms with Crippen molar-refractivity contribution in [2.45, 2.75) is 71.3 Å². The highest BCUT2D eigenvalue weighted by Gasteiger charge is 2.30. The van der Waals surface area contributed by atoms with Crippen LogP contribution in [0.5, 0.6) is 0 Å². The highest BCUT2D eigenvalue weighted by molar-refractivity contribution is 6.01. The molecule has 6 aromatic rings. The van der Waals surface area contributed by atoms with E-state index >= 15 is 4.39 Å². The predicted octanol–water partition coefficient (Wildman–Crippen LogP) is 6.80. The van der Waals surface area contributed by atoms with Crippen LogP contribution in [0.25, 0.3) is 33.4 Å². The number of nitrogens with zero attached hydrogens (tertiary/aromatic N) is 6. The maximum Gasteiger partial charge on any atom is 0.293 e. The lowest BCUT2D eigenvalue weighted by molar-refractivity contribution is -0.134. The van der Waals surface area contributed by atoms with Crippen molar-refractivity contribution < 1.29 is 23.3 Å². The lowest BCUT2D eigenvalue weighted by Crippen LogP contribution is -2.47. The van der Waals surface area contributed by atoms with Gasteiger partial charge in [-0.1, -0.05) is 62.3 Å². The lowest BCUT2D eigenvalue weighted by atomic mass is 9.89. The highest BCUT2D eigenvalue weighted by Crippen LogP contribution is 2.33. The average Bonchev–Trinajstić information content (AvgIpc) is 3.90. The van der Waals surface area contributed by atoms with Gasteiger partial charge in [0.25, 0.3) is 11.7 Å². The Bertz CT molecular complexity index is 2530. The van der Waals surface area contributed by atoms with Crippen LogP contribution in [0.3, 0.4) is 0 Å². The largest absolute Gasteiger partial charge is 0.369 e. The summed E-state index contributed by atoms with van der Waals surface area (Å²) in [4.78, 5) is 50.4. The van der Waals surface area contributed by atoms with Crippen LogP contribution in [0.1, 0.15) is 91.3 Å². The number of benzene rings is 3. The van der Waals surface area contributed by atoms with E-state index in [2.05, 4.69) is 77.2 Å². The number of carbonyl (C=O) groups excluding carboxylic acids is 3. The Kier molecular flexibility index (Phi) is 10.8. The van der Waals surface area contributed by atoms with Crippen molar-refractivity contribution in [2.24, 2.45) is 0 Å². The van der Waals surface area contributed by atoms with Gasteiger partial charge in [0.2, 0.25) is 17.7 Å². The van der Waals surface area contributed by atoms with Gasteiger partial charge in [0.05, 0.1) is 12.0 Å². The Morgan fingerprint density at radius 2 is 1.75 bits per heavy atom. The number of aromatic amines is 1. The van der Waals surface area contributed by atoms with Crippen LogP contribution in [-0.2, 0) is 21.4 Å². The van der Waals surface area contributed by atoms with Crippen molar-refractivity contribution in [1.82, 2.24) is 40.9 Å². The average molecular weight is 798 g/mol. The molecule has 2 saturated heterocycles. The number of piperazine rings is 1. The maximum absolute atomic E-state index is 15.0. The minimum absolute atomic E-state index is 0.0120. The molecule has 0 saturated carbocycles. The van der Waals surface area contributed by atoms with Gasteiger partial charge in [-0.05, 0) is 79.3 Å². The number of anilines is 1. The third-order valence-electron chi connectivity index (χ3n) is 11.4. The third kappa shape index (κ3) is 8.49. The van der Waals surface area contributed by atoms with E-state index in [0.29, 0.717) is 29.9 Å². The Hall–Kier alpha value is -6.28. The maximum atomic E-state index is 15.0. The first-order valence-electron chi connectivity index (χ1n) is 20.1. The van der Waals surface area contributed by atoms with E-state index in [1.165, 1.54) is 6.07 Å². The fraction of sp³-hybridized carbons (Fsp3) is 0.356. The Morgan fingerprint density at radius 3 is 2.44 bits per heavy atom. The molecule has 2 aliphatic rings. The molecule has 3 aromatic heterocycles. The van der Waals surface area contributed by atoms with E-state index in [9.17, 15) is 14.4 Å². The molecule has 8 rings (SSSR count). The zero-order valence-corrected chi connectivity index (χ0v) is 33.9. The van der Waals surface area contributed by atoms with Gasteiger partial charge in [-0.25, -0.2) is 9.37 Å². The first kappa shape index (κ1) is 39.5. The van der Waals surface area contributed by atoms with E-state index in [4.69, 9.17) is 9.51 Å². The Morgan fingerprint density at radius 1 is 0.983 bits per heavy atom. The van der Waals surface area contributed by atoms with Crippen molar-refractivity contribution in [2.75, 3.05) is 37.6 Å². The highest BCUT2D eigenvalue weighted by atomic mass is 19.1. The number of aryl methyl sites for hydroxylation is 1. The molecule has 0 unspecified atom stereocenters. The number of pyridine rings is 1. The molecule has 2 fully saturated rings. The van der Waals surface area contributed by atoms with E-state index in [0.717, 1.165) is 82.9 Å². The summed E-state index contributed by atoms with van der Waals surface area (Å²) < 4.78 is 20.3. The molecule has 0 spiro atoms. The predicted molar refractivity (Wildman–Crippen MR) is 222 cm³/mol. The fourth-order valence-electron chi connectivity index (χ4n) is 7.93. The summed E-state index contributed by atoms with van der Waals surface area (Å²) in [6.45, 7) is 14.2. The number of piperidine rings is 1. The second-order valence-corrected chi connectivity index (χ2v) is 16.6. The standard InChI is InChI=1S/C45H48FN9O4/c1-26-22-30(9-13-33(26)27(2)48-43(58)41-50-44(59-53-41)45(3,4)5)39-36-24-31(25-47-40(36)52-51-39)29-7-10-32(11-8-29)55-20-18-54(19-21-55)17-16-28-6-12-34(37(46)23-28)35-14-15-38(56)49-42(35)57/h6-13,22-25,27,35H,14-21H2,1-5H3,(H,48,58)(H,47,51,52)(H,49,56,57)/t27-,35-/m1/s1. The first-order chi connectivity index (χ1) is 28.3. The minimum atomic E-state index is -0.624. The molecular weight excluding hydrogens is 750 g/mol. The van der Waals surface area contributed by atoms with Gasteiger partial charge in [-0.2, -0.15) is 10.1 Å². The second kappa shape index (κ2) is 16.2. The molecule has 0 radical (unpaired) electrons. The molecule has 3 N–H and O–H groups in total. The van der Waals surface area contributed by atoms with Gasteiger partial charge in [0.15, 0.2) is 5.65 Å². The van der Waals surface area contributed by atoms with Crippen LogP contribution in [0.15, 0.2) is 77.4 Å². The summed E-state index contributed by atoms with van der Waals surface area (Å²) in [6, 6.07) is 21.6. The number of halogens is 1. The van der Waals surface area contributed by atoms with Gasteiger partial charge in [-0.3, -0.25) is 29.7 Å². The zero-order valence-electron chi connectivity index (χ0n) is 33.9. The summed E-state index contributed by atoms with van der Waals surface area (Å²) in [5.41, 5.74) is 8.49. The number of rotatable bonds is 10. The van der Waals surface area contributed by atoms with Crippen LogP contribution in [0, 0.1) is 12.7 Å². The second-order valence-electron chi connectivity index (χ2n) is 16.6. The van der Waals surface area contributed by atoms with Crippen molar-refractivity contribution >= 4 is 34.4 Å². The van der Waals surface area contributed by atoms with Crippen molar-refractivity contribution in [1.29, 1.82) is 0 Å². The summed E-state index contributed by atoms with van der Waals surface area (Å²) in [5.74, 6) is -1.72. The van der Waals surface area contributed by atoms with Crippen molar-refractivity contribution in [3.05, 3.63) is 113 Å². The van der Waals surface area contributed by atoms with Crippen molar-refractivity contribution in [3.63, 3.8) is 0 Å². The van der Waals surface area contributed by atoms with Crippen LogP contribution in [-0.4, -0.2) is 80.7 Å². The monoisotopic (exact) mass is 797 g/mol. The summed E-state index contributed by atoms with van der Waals surface area (Å²) in [7, 11) is 0. The third-order valence-corrected chi connectivity index (χ3v) is 11.4. The molecule has 5 heterocycles. The number of H-pyrrole nitrogens is 1. The van der Waals surface area contributed by atoms with Gasteiger partial charge in [-0.15, -0.1) is 0 Å². The van der Waals surface area contributed by atoms with Crippen LogP contribution in [0.4, 0.5) is 10.1 Å². The quantitative estimate of drug-likeness (QED) is 0.126. The molecule has 59 heavy (non-hydrogen) atoms. The normalized spacial score (nSPS) is 17.0. The molecule has 3 amide bonds. The van der Waals surface area contributed by atoms with Gasteiger partial charge in [0.1, 0.15) is 11.5 Å². The molecule has 304 valence electrons. The number of carbonyl (C=O) groups is 3. The summed E-state index contributed by atoms with van der Waals surface area (Å²) in [5, 5.41) is 17.8. The number of hydrogen-bond donors (Lipinski definition) is 3. The number of amides is 3. The number of aromatic nitrogens is 5. The zero-order chi connectivity index (χ0) is 41.4. The lowest BCUT2D eigenvalue weighted by Gasteiger charge is -2.36. The molecular formula is C45H48FN9O4. The minimum Gasteiger partial charge on any atom is -0.369 e. The van der Waals surface area contributed by atoms with E-state index in [1.807, 2.05) is 59.0 Å². The number of hydrogen-bond acceptors (Lipinski definition) is 10. The van der Waals surface area contributed by atoms with Crippen LogP contribution < -0.4 is 15.5 Å². The number of imide groups is 1. The summed E-state index contributed by atoms with van der Waals surface area (Å²) >= 11 is 0. The molecule has 2 aliphatic heterocycles. The van der Waals surface area contributed by atoms with E-state index < -0.39 is 17.7 Å². The van der Waals surface area contributed by atoms with Crippen LogP contribution >= 0.6 is 0 Å². The fourth-order valence-corrected chi connectivity index (χ4v) is 7.93. The SMILES string of the molecule is Cc1cc(-c2n[nH]c3ncc(-c4ccc(N5CCN(CCc6ccc([C@H]7CCC(=O)NC7=O)c(F)c6)CC5)cc4)cc23)ccc1[C@@H](C)NC(=O)c1noc(C(C)(C)C)n1. The molecule has 13 nitrogen and oxygen atoms in total. The summed E-state index contributed by atoms with van der Waals surface area (Å²) in [6.07, 6.45) is 3.13. The smallest absolute Gasteiger partial charge is 0.293 e. The molecule has 14 heteroatoms. The number of nitrogens with one attached hydrogen (secondary N) is 3. The van der Waals surface area contributed by atoms with Crippen LogP contribution in [0.2, 0.25) is 0 Å². The van der Waals surface area contributed by atoms with E-state index in [1.54, 1.807) is 6.07 Å². The Balaban J connectivity index is 0.870. The van der Waals surface area contributed by atoms with Crippen molar-refractivity contribution in [3.8, 4) is 22.4 Å². The van der Waals surface area contributed by atoms with E-state index in [-0.39, 0.29) is 35.4 Å². The molecule has 0 bridgehead atoms. The van der Waals surface area contributed by atoms with Gasteiger partial charge >= 0.3 is 0 Å². The molecule has 0 aliphatic carbocycles. The topological polar surface area (TPSA) is 162 Å². The molecule has 3 aromatic carbocycles. The van der Waals surface area contributed by atoms with Gasteiger partial charge in [0, 0.05) is 78.5 Å².